The molecule has 1 aromatic heterocycles. The fourth-order valence-corrected chi connectivity index (χ4v) is 5.43. The summed E-state index contributed by atoms with van der Waals surface area (Å²) >= 11 is 13.3. The lowest BCUT2D eigenvalue weighted by Crippen LogP contribution is -2.31. The Morgan fingerprint density at radius 3 is 2.51 bits per heavy atom. The number of hydrogen-bond acceptors (Lipinski definition) is 8. The minimum absolute atomic E-state index is 0.0345. The molecule has 0 bridgehead atoms. The molecule has 210 valence electrons. The van der Waals surface area contributed by atoms with Crippen LogP contribution in [-0.4, -0.2) is 30.1 Å². The number of dihydropyridines is 1. The molecule has 2 aromatic carbocycles. The van der Waals surface area contributed by atoms with E-state index in [1.807, 2.05) is 0 Å². The molecule has 1 aliphatic heterocycles. The first-order chi connectivity index (χ1) is 19.7. The van der Waals surface area contributed by atoms with Crippen molar-refractivity contribution in [2.45, 2.75) is 19.8 Å². The van der Waals surface area contributed by atoms with Crippen LogP contribution in [0.2, 0.25) is 10.0 Å². The Bertz CT molecular complexity index is 1580. The molecule has 2 amide bonds. The lowest BCUT2D eigenvalue weighted by molar-refractivity contribution is -0.114. The van der Waals surface area contributed by atoms with Gasteiger partial charge in [0, 0.05) is 16.4 Å². The number of allylic oxidation sites excluding steroid dienone is 2. The fraction of sp³-hybridized carbons (Fsp3) is 0.172. The van der Waals surface area contributed by atoms with Gasteiger partial charge in [-0.25, -0.2) is 4.79 Å². The number of anilines is 2. The smallest absolute Gasteiger partial charge is 0.338 e. The maximum absolute atomic E-state index is 13.5. The third kappa shape index (κ3) is 7.13. The van der Waals surface area contributed by atoms with E-state index in [0.29, 0.717) is 38.4 Å². The van der Waals surface area contributed by atoms with Gasteiger partial charge in [-0.15, -0.1) is 0 Å². The van der Waals surface area contributed by atoms with Crippen molar-refractivity contribution in [1.82, 2.24) is 5.32 Å². The van der Waals surface area contributed by atoms with Gasteiger partial charge in [0.25, 0.3) is 5.91 Å². The van der Waals surface area contributed by atoms with Crippen LogP contribution in [-0.2, 0) is 14.3 Å². The van der Waals surface area contributed by atoms with Crippen molar-refractivity contribution in [3.05, 3.63) is 104 Å². The SMILES string of the molecule is CCOC(=O)c1ccc(NC(=O)CSC2=C(C#N)C(c3ccco3)C(C(=O)Nc3ccc(Cl)cc3Cl)=C(C)N2)cc1. The zero-order valence-corrected chi connectivity index (χ0v) is 24.2. The number of carbonyl (C=O) groups is 3. The predicted molar refractivity (Wildman–Crippen MR) is 159 cm³/mol. The number of benzene rings is 2. The summed E-state index contributed by atoms with van der Waals surface area (Å²) in [5.41, 5.74) is 2.19. The first kappa shape index (κ1) is 29.8. The molecule has 12 heteroatoms. The largest absolute Gasteiger partial charge is 0.468 e. The summed E-state index contributed by atoms with van der Waals surface area (Å²) in [7, 11) is 0. The topological polar surface area (TPSA) is 133 Å². The Labute approximate surface area is 250 Å². The molecule has 0 radical (unpaired) electrons. The molecule has 9 nitrogen and oxygen atoms in total. The van der Waals surface area contributed by atoms with E-state index in [2.05, 4.69) is 22.0 Å². The van der Waals surface area contributed by atoms with Gasteiger partial charge in [-0.2, -0.15) is 5.26 Å². The molecular weight excluding hydrogens is 587 g/mol. The van der Waals surface area contributed by atoms with Crippen molar-refractivity contribution in [2.24, 2.45) is 0 Å². The second kappa shape index (κ2) is 13.5. The summed E-state index contributed by atoms with van der Waals surface area (Å²) in [5, 5.41) is 19.9. The Balaban J connectivity index is 1.52. The summed E-state index contributed by atoms with van der Waals surface area (Å²) in [5.74, 6) is -1.74. The Morgan fingerprint density at radius 1 is 1.12 bits per heavy atom. The standard InChI is InChI=1S/C29H24Cl2N4O5S/c1-3-39-29(38)17-6-9-19(10-7-17)34-24(36)15-41-28-20(14-32)26(23-5-4-12-40-23)25(16(2)33-28)27(37)35-22-11-8-18(30)13-21(22)31/h4-13,26,33H,3,15H2,1-2H3,(H,34,36)(H,35,37). The third-order valence-corrected chi connectivity index (χ3v) is 7.49. The zero-order valence-electron chi connectivity index (χ0n) is 21.9. The highest BCUT2D eigenvalue weighted by molar-refractivity contribution is 8.03. The van der Waals surface area contributed by atoms with Crippen molar-refractivity contribution >= 4 is 64.1 Å². The number of halogens is 2. The summed E-state index contributed by atoms with van der Waals surface area (Å²) in [6.07, 6.45) is 1.46. The second-order valence-corrected chi connectivity index (χ2v) is 10.5. The molecule has 1 aliphatic rings. The van der Waals surface area contributed by atoms with Crippen LogP contribution in [0.1, 0.15) is 35.9 Å². The molecule has 0 saturated heterocycles. The van der Waals surface area contributed by atoms with Gasteiger partial charge >= 0.3 is 5.97 Å². The molecule has 3 N–H and O–H groups in total. The highest BCUT2D eigenvalue weighted by atomic mass is 35.5. The number of nitriles is 1. The van der Waals surface area contributed by atoms with E-state index >= 15 is 0 Å². The summed E-state index contributed by atoms with van der Waals surface area (Å²) < 4.78 is 10.6. The van der Waals surface area contributed by atoms with Crippen LogP contribution in [0.5, 0.6) is 0 Å². The van der Waals surface area contributed by atoms with Crippen LogP contribution in [0.25, 0.3) is 0 Å². The average Bonchev–Trinajstić information content (AvgIpc) is 3.48. The lowest BCUT2D eigenvalue weighted by Gasteiger charge is -2.28. The minimum Gasteiger partial charge on any atom is -0.468 e. The van der Waals surface area contributed by atoms with Gasteiger partial charge in [0.2, 0.25) is 5.91 Å². The van der Waals surface area contributed by atoms with E-state index in [4.69, 9.17) is 32.4 Å². The van der Waals surface area contributed by atoms with Gasteiger partial charge in [-0.3, -0.25) is 9.59 Å². The second-order valence-electron chi connectivity index (χ2n) is 8.68. The molecule has 4 rings (SSSR count). The van der Waals surface area contributed by atoms with Crippen molar-refractivity contribution in [1.29, 1.82) is 5.26 Å². The maximum atomic E-state index is 13.5. The van der Waals surface area contributed by atoms with Crippen molar-refractivity contribution < 1.29 is 23.5 Å². The number of rotatable bonds is 9. The van der Waals surface area contributed by atoms with E-state index < -0.39 is 17.8 Å². The van der Waals surface area contributed by atoms with Gasteiger partial charge in [0.15, 0.2) is 0 Å². The van der Waals surface area contributed by atoms with Crippen LogP contribution >= 0.6 is 35.0 Å². The highest BCUT2D eigenvalue weighted by Gasteiger charge is 2.36. The monoisotopic (exact) mass is 610 g/mol. The van der Waals surface area contributed by atoms with Crippen molar-refractivity contribution in [2.75, 3.05) is 23.0 Å². The Kier molecular flexibility index (Phi) is 9.78. The number of nitrogens with one attached hydrogen (secondary N) is 3. The molecule has 1 atom stereocenters. The van der Waals surface area contributed by atoms with Crippen molar-refractivity contribution in [3.8, 4) is 6.07 Å². The third-order valence-electron chi connectivity index (χ3n) is 5.93. The van der Waals surface area contributed by atoms with Crippen LogP contribution in [0, 0.1) is 11.3 Å². The van der Waals surface area contributed by atoms with Gasteiger partial charge in [-0.05, 0) is 68.4 Å². The number of carbonyl (C=O) groups excluding carboxylic acids is 3. The number of nitrogens with zero attached hydrogens (tertiary/aromatic N) is 1. The van der Waals surface area contributed by atoms with E-state index in [-0.39, 0.29) is 34.4 Å². The molecule has 0 saturated carbocycles. The zero-order chi connectivity index (χ0) is 29.5. The Morgan fingerprint density at radius 2 is 1.88 bits per heavy atom. The fourth-order valence-electron chi connectivity index (χ4n) is 4.09. The predicted octanol–water partition coefficient (Wildman–Crippen LogP) is 6.47. The maximum Gasteiger partial charge on any atom is 0.338 e. The van der Waals surface area contributed by atoms with Crippen molar-refractivity contribution in [3.63, 3.8) is 0 Å². The van der Waals surface area contributed by atoms with Crippen LogP contribution in [0.4, 0.5) is 11.4 Å². The number of ether oxygens (including phenoxy) is 1. The van der Waals surface area contributed by atoms with Gasteiger partial charge < -0.3 is 25.1 Å². The van der Waals surface area contributed by atoms with E-state index in [1.165, 1.54) is 12.3 Å². The summed E-state index contributed by atoms with van der Waals surface area (Å²) in [6, 6.07) is 16.6. The number of amides is 2. The number of furan rings is 1. The molecule has 2 heterocycles. The van der Waals surface area contributed by atoms with Gasteiger partial charge in [-0.1, -0.05) is 35.0 Å². The van der Waals surface area contributed by atoms with Gasteiger partial charge in [0.05, 0.1) is 63.1 Å². The summed E-state index contributed by atoms with van der Waals surface area (Å²) in [4.78, 5) is 38.0. The first-order valence-corrected chi connectivity index (χ1v) is 14.1. The average molecular weight is 612 g/mol. The van der Waals surface area contributed by atoms with E-state index in [9.17, 15) is 19.6 Å². The number of esters is 1. The quantitative estimate of drug-likeness (QED) is 0.235. The lowest BCUT2D eigenvalue weighted by atomic mass is 9.85. The molecule has 0 aliphatic carbocycles. The molecule has 0 spiro atoms. The van der Waals surface area contributed by atoms with E-state index in [1.54, 1.807) is 62.4 Å². The number of hydrogen-bond donors (Lipinski definition) is 3. The molecule has 3 aromatic rings. The van der Waals surface area contributed by atoms with Gasteiger partial charge in [0.1, 0.15) is 5.76 Å². The highest BCUT2D eigenvalue weighted by Crippen LogP contribution is 2.41. The summed E-state index contributed by atoms with van der Waals surface area (Å²) in [6.45, 7) is 3.69. The van der Waals surface area contributed by atoms with Crippen LogP contribution in [0.15, 0.2) is 87.1 Å². The van der Waals surface area contributed by atoms with Crippen LogP contribution in [0.3, 0.4) is 0 Å². The molecular formula is C29H24Cl2N4O5S. The molecule has 41 heavy (non-hydrogen) atoms. The molecule has 0 fully saturated rings. The van der Waals surface area contributed by atoms with Crippen LogP contribution < -0.4 is 16.0 Å². The number of thioether (sulfide) groups is 1. The Hall–Kier alpha value is -4.17. The minimum atomic E-state index is -0.830. The normalized spacial score (nSPS) is 14.7. The first-order valence-electron chi connectivity index (χ1n) is 12.3. The molecule has 1 unspecified atom stereocenters. The van der Waals surface area contributed by atoms with E-state index in [0.717, 1.165) is 11.8 Å².